The molecule has 0 aromatic heterocycles. The molecule has 0 nitrogen and oxygen atoms in total. The van der Waals surface area contributed by atoms with Crippen molar-refractivity contribution in [3.05, 3.63) is 213 Å². The fourth-order valence-corrected chi connectivity index (χ4v) is 12.4. The quantitative estimate of drug-likeness (QED) is 0.253. The van der Waals surface area contributed by atoms with Crippen LogP contribution in [0.4, 0.5) is 0 Å². The minimum atomic E-state index is -0.203. The predicted octanol–water partition coefficient (Wildman–Crippen LogP) is 13.7. The van der Waals surface area contributed by atoms with Crippen molar-refractivity contribution >= 4 is 11.1 Å². The summed E-state index contributed by atoms with van der Waals surface area (Å²) in [7, 11) is 0. The van der Waals surface area contributed by atoms with E-state index in [0.29, 0.717) is 29.6 Å². The van der Waals surface area contributed by atoms with Crippen LogP contribution in [0.3, 0.4) is 0 Å². The van der Waals surface area contributed by atoms with E-state index in [9.17, 15) is 0 Å². The molecule has 1 fully saturated rings. The lowest BCUT2D eigenvalue weighted by molar-refractivity contribution is 0.254. The molecule has 0 saturated heterocycles. The topological polar surface area (TPSA) is 0 Å². The Bertz CT molecular complexity index is 2410. The molecule has 0 bridgehead atoms. The lowest BCUT2D eigenvalue weighted by Gasteiger charge is -2.41. The van der Waals surface area contributed by atoms with Crippen LogP contribution < -0.4 is 0 Å². The monoisotopic (exact) mass is 712 g/mol. The number of rotatable bonds is 4. The Kier molecular flexibility index (Phi) is 7.78. The van der Waals surface area contributed by atoms with Crippen LogP contribution in [0.1, 0.15) is 98.1 Å². The third-order valence-corrected chi connectivity index (χ3v) is 14.9. The van der Waals surface area contributed by atoms with Crippen LogP contribution in [0, 0.1) is 29.1 Å². The highest BCUT2D eigenvalue weighted by molar-refractivity contribution is 5.97. The second-order valence-electron chi connectivity index (χ2n) is 18.1. The van der Waals surface area contributed by atoms with Gasteiger partial charge in [0.2, 0.25) is 0 Å². The maximum absolute atomic E-state index is 2.70. The largest absolute Gasteiger partial charge is 0.0839 e. The Balaban J connectivity index is 1.02. The van der Waals surface area contributed by atoms with Crippen molar-refractivity contribution in [2.75, 3.05) is 0 Å². The van der Waals surface area contributed by atoms with E-state index < -0.39 is 0 Å². The van der Waals surface area contributed by atoms with E-state index in [4.69, 9.17) is 0 Å². The number of allylic oxidation sites excluding steroid dienone is 20. The second-order valence-corrected chi connectivity index (χ2v) is 18.1. The van der Waals surface area contributed by atoms with Crippen LogP contribution in [0.15, 0.2) is 180 Å². The fraction of sp³-hybridized carbons (Fsp3) is 0.309. The standard InChI is InChI=1S/C55H52/c1-54(2)51-34-39(37-15-5-3-6-16-37)26-27-41(51)33-42(43-30-28-40(35-52(43)54)38-17-7-4-8-18-38)31-36-25-29-47-46-21-11-14-24-50(46)55(53(47)32-36)48-22-12-9-19-44(48)45-20-10-13-23-49(45)55/h3-9,12-15,17-19,22-27,29-30,32,34-35,37,40-42,51H,10-11,16,20-21,28,31,33H2,1-2H3. The van der Waals surface area contributed by atoms with E-state index in [1.54, 1.807) is 33.4 Å². The van der Waals surface area contributed by atoms with E-state index in [0.717, 1.165) is 44.9 Å². The lowest BCUT2D eigenvalue weighted by atomic mass is 9.63. The molecule has 6 unspecified atom stereocenters. The SMILES string of the molecule is CC1(C)C2=CC(c3ccccc3)CC=C2C(Cc2ccc3c(c2)C2(C4=C(CCC=C4)c4ccccc42)C2=C3CCC=C2)CC2C=CC(C3C=CC=CC3)=CC21. The molecular formula is C55H52. The average molecular weight is 713 g/mol. The van der Waals surface area contributed by atoms with Crippen molar-refractivity contribution in [2.24, 2.45) is 29.1 Å². The van der Waals surface area contributed by atoms with Gasteiger partial charge in [0.15, 0.2) is 0 Å². The summed E-state index contributed by atoms with van der Waals surface area (Å²) in [6, 6.07) is 28.4. The van der Waals surface area contributed by atoms with Crippen LogP contribution >= 0.6 is 0 Å². The zero-order valence-electron chi connectivity index (χ0n) is 32.5. The number of hydrogen-bond acceptors (Lipinski definition) is 0. The molecule has 0 aliphatic heterocycles. The van der Waals surface area contributed by atoms with E-state index in [1.807, 2.05) is 0 Å². The van der Waals surface area contributed by atoms with Crippen LogP contribution in [-0.2, 0) is 11.8 Å². The molecule has 0 amide bonds. The first-order valence-electron chi connectivity index (χ1n) is 21.3. The van der Waals surface area contributed by atoms with Gasteiger partial charge in [-0.25, -0.2) is 0 Å². The average Bonchev–Trinajstić information content (AvgIpc) is 3.68. The molecule has 1 spiro atoms. The predicted molar refractivity (Wildman–Crippen MR) is 230 cm³/mol. The summed E-state index contributed by atoms with van der Waals surface area (Å²) in [5, 5.41) is 0. The normalized spacial score (nSPS) is 30.5. The van der Waals surface area contributed by atoms with Gasteiger partial charge in [-0.2, -0.15) is 0 Å². The molecule has 55 heavy (non-hydrogen) atoms. The van der Waals surface area contributed by atoms with Crippen molar-refractivity contribution in [2.45, 2.75) is 76.5 Å². The lowest BCUT2D eigenvalue weighted by Crippen LogP contribution is -2.31. The molecule has 1 saturated carbocycles. The first kappa shape index (κ1) is 33.4. The van der Waals surface area contributed by atoms with E-state index in [2.05, 4.69) is 166 Å². The molecule has 3 aromatic rings. The van der Waals surface area contributed by atoms with Gasteiger partial charge in [0.25, 0.3) is 0 Å². The van der Waals surface area contributed by atoms with Gasteiger partial charge >= 0.3 is 0 Å². The highest BCUT2D eigenvalue weighted by atomic mass is 14.5. The minimum Gasteiger partial charge on any atom is -0.0839 e. The summed E-state index contributed by atoms with van der Waals surface area (Å²) in [4.78, 5) is 0. The van der Waals surface area contributed by atoms with Gasteiger partial charge in [0, 0.05) is 11.8 Å². The summed E-state index contributed by atoms with van der Waals surface area (Å²) in [6.07, 6.45) is 41.3. The zero-order valence-corrected chi connectivity index (χ0v) is 32.5. The molecule has 0 N–H and O–H groups in total. The van der Waals surface area contributed by atoms with Gasteiger partial charge in [0.05, 0.1) is 5.41 Å². The molecule has 0 radical (unpaired) electrons. The third-order valence-electron chi connectivity index (χ3n) is 14.9. The number of benzene rings is 3. The molecule has 11 rings (SSSR count). The van der Waals surface area contributed by atoms with Gasteiger partial charge < -0.3 is 0 Å². The Labute approximate surface area is 328 Å². The maximum atomic E-state index is 2.70. The highest BCUT2D eigenvalue weighted by Gasteiger charge is 2.53. The van der Waals surface area contributed by atoms with Crippen molar-refractivity contribution in [1.29, 1.82) is 0 Å². The van der Waals surface area contributed by atoms with Crippen LogP contribution in [0.5, 0.6) is 0 Å². The molecule has 8 aliphatic carbocycles. The summed E-state index contributed by atoms with van der Waals surface area (Å²) < 4.78 is 0. The van der Waals surface area contributed by atoms with Gasteiger partial charge in [-0.05, 0) is 147 Å². The highest BCUT2D eigenvalue weighted by Crippen LogP contribution is 2.64. The fourth-order valence-electron chi connectivity index (χ4n) is 12.4. The molecule has 0 heterocycles. The summed E-state index contributed by atoms with van der Waals surface area (Å²) in [5.41, 5.74) is 19.7. The van der Waals surface area contributed by atoms with E-state index in [1.165, 1.54) is 45.4 Å². The Morgan fingerprint density at radius 2 is 1.44 bits per heavy atom. The van der Waals surface area contributed by atoms with Gasteiger partial charge in [0.1, 0.15) is 0 Å². The van der Waals surface area contributed by atoms with Crippen molar-refractivity contribution < 1.29 is 0 Å². The summed E-state index contributed by atoms with van der Waals surface area (Å²) in [6.45, 7) is 5.13. The van der Waals surface area contributed by atoms with E-state index >= 15 is 0 Å². The Hall–Kier alpha value is -4.94. The molecule has 3 aromatic carbocycles. The van der Waals surface area contributed by atoms with Crippen molar-refractivity contribution in [3.63, 3.8) is 0 Å². The Morgan fingerprint density at radius 1 is 0.673 bits per heavy atom. The molecular weight excluding hydrogens is 661 g/mol. The van der Waals surface area contributed by atoms with Crippen LogP contribution in [0.2, 0.25) is 0 Å². The van der Waals surface area contributed by atoms with Gasteiger partial charge in [-0.15, -0.1) is 0 Å². The number of hydrogen-bond donors (Lipinski definition) is 0. The first-order chi connectivity index (χ1) is 27.0. The third kappa shape index (κ3) is 5.02. The number of fused-ring (bicyclic) bond motifs is 10. The van der Waals surface area contributed by atoms with E-state index in [-0.39, 0.29) is 10.8 Å². The first-order valence-corrected chi connectivity index (χ1v) is 21.3. The summed E-state index contributed by atoms with van der Waals surface area (Å²) in [5.74, 6) is 2.34. The molecule has 0 heteroatoms. The van der Waals surface area contributed by atoms with Gasteiger partial charge in [-0.1, -0.05) is 166 Å². The van der Waals surface area contributed by atoms with Crippen LogP contribution in [0.25, 0.3) is 11.1 Å². The van der Waals surface area contributed by atoms with Crippen molar-refractivity contribution in [1.82, 2.24) is 0 Å². The van der Waals surface area contributed by atoms with Gasteiger partial charge in [-0.3, -0.25) is 0 Å². The smallest absolute Gasteiger partial charge is 0.0718 e. The summed E-state index contributed by atoms with van der Waals surface area (Å²) >= 11 is 0. The maximum Gasteiger partial charge on any atom is 0.0718 e. The second kappa shape index (κ2) is 12.8. The molecule has 6 atom stereocenters. The zero-order chi connectivity index (χ0) is 36.7. The van der Waals surface area contributed by atoms with Crippen molar-refractivity contribution in [3.8, 4) is 0 Å². The molecule has 272 valence electrons. The van der Waals surface area contributed by atoms with Crippen LogP contribution in [-0.4, -0.2) is 0 Å². The molecule has 8 aliphatic rings. The Morgan fingerprint density at radius 3 is 2.22 bits per heavy atom. The minimum absolute atomic E-state index is 0.0178.